The number of methoxy groups -OCH3 is 3. The number of sulfone groups is 1. The van der Waals surface area contributed by atoms with Gasteiger partial charge >= 0.3 is 0 Å². The second kappa shape index (κ2) is 10.1. The van der Waals surface area contributed by atoms with E-state index in [2.05, 4.69) is 10.3 Å². The Morgan fingerprint density at radius 2 is 1.69 bits per heavy atom. The molecule has 4 aromatic rings. The number of fused-ring (bicyclic) bond motifs is 1. The maximum atomic E-state index is 14.0. The molecule has 0 bridgehead atoms. The van der Waals surface area contributed by atoms with Crippen LogP contribution in [-0.4, -0.2) is 46.8 Å². The van der Waals surface area contributed by atoms with Crippen molar-refractivity contribution in [3.05, 3.63) is 76.9 Å². The van der Waals surface area contributed by atoms with E-state index >= 15 is 0 Å². The number of ketones is 1. The number of hydrogen-bond acceptors (Lipinski definition) is 7. The van der Waals surface area contributed by atoms with Gasteiger partial charge < -0.3 is 24.5 Å². The fourth-order valence-electron chi connectivity index (χ4n) is 3.95. The monoisotopic (exact) mass is 528 g/mol. The van der Waals surface area contributed by atoms with Gasteiger partial charge in [0.2, 0.25) is 0 Å². The Labute approximate surface area is 214 Å². The fourth-order valence-corrected chi connectivity index (χ4v) is 4.79. The molecule has 1 aromatic heterocycles. The van der Waals surface area contributed by atoms with E-state index in [1.807, 2.05) is 0 Å². The summed E-state index contributed by atoms with van der Waals surface area (Å²) in [5.41, 5.74) is 2.08. The van der Waals surface area contributed by atoms with Crippen molar-refractivity contribution in [2.75, 3.05) is 32.9 Å². The number of aromatic nitrogens is 1. The summed E-state index contributed by atoms with van der Waals surface area (Å²) < 4.78 is 40.7. The highest BCUT2D eigenvalue weighted by Crippen LogP contribution is 2.36. The summed E-state index contributed by atoms with van der Waals surface area (Å²) >= 11 is 6.17. The first kappa shape index (κ1) is 25.4. The maximum Gasteiger partial charge on any atom is 0.191 e. The van der Waals surface area contributed by atoms with Gasteiger partial charge in [-0.2, -0.15) is 0 Å². The van der Waals surface area contributed by atoms with Gasteiger partial charge in [-0.15, -0.1) is 0 Å². The Balaban J connectivity index is 1.86. The number of H-pyrrole nitrogens is 1. The molecule has 1 atom stereocenters. The molecule has 188 valence electrons. The molecule has 1 heterocycles. The molecule has 0 aliphatic carbocycles. The molecular formula is C26H25ClN2O6S. The zero-order chi connectivity index (χ0) is 26.0. The molecule has 0 saturated heterocycles. The number of halogens is 1. The largest absolute Gasteiger partial charge is 0.497 e. The van der Waals surface area contributed by atoms with Crippen LogP contribution < -0.4 is 19.5 Å². The molecule has 10 heteroatoms. The molecule has 0 spiro atoms. The number of rotatable bonds is 9. The predicted octanol–water partition coefficient (Wildman–Crippen LogP) is 5.29. The van der Waals surface area contributed by atoms with Gasteiger partial charge in [0.15, 0.2) is 15.6 Å². The number of nitrogens with one attached hydrogen (secondary N) is 2. The minimum atomic E-state index is -3.54. The van der Waals surface area contributed by atoms with E-state index in [0.29, 0.717) is 44.5 Å². The Morgan fingerprint density at radius 3 is 2.36 bits per heavy atom. The third kappa shape index (κ3) is 5.12. The molecule has 0 saturated carbocycles. The van der Waals surface area contributed by atoms with Crippen LogP contribution in [0.25, 0.3) is 10.9 Å². The average molecular weight is 529 g/mol. The summed E-state index contributed by atoms with van der Waals surface area (Å²) in [4.78, 5) is 17.2. The quantitative estimate of drug-likeness (QED) is 0.284. The molecule has 0 radical (unpaired) electrons. The number of ether oxygens (including phenoxy) is 3. The standard InChI is InChI=1S/C26H25ClN2O6S/c1-33-17-6-8-20-22(14-28-23(20)13-17)26(30)25(21-7-5-15(27)9-24(21)35-3)29-16-10-18(34-2)12-19(11-16)36(4,31)32/h5-14,25,28-29H,1-4H3/t25-/m1/s1. The van der Waals surface area contributed by atoms with Crippen LogP contribution >= 0.6 is 11.6 Å². The molecule has 0 unspecified atom stereocenters. The van der Waals surface area contributed by atoms with Crippen molar-refractivity contribution >= 4 is 43.8 Å². The van der Waals surface area contributed by atoms with E-state index in [1.54, 1.807) is 55.8 Å². The lowest BCUT2D eigenvalue weighted by Gasteiger charge is -2.22. The van der Waals surface area contributed by atoms with E-state index in [1.165, 1.54) is 26.4 Å². The van der Waals surface area contributed by atoms with Gasteiger partial charge in [0.1, 0.15) is 23.3 Å². The first-order valence-electron chi connectivity index (χ1n) is 10.8. The zero-order valence-electron chi connectivity index (χ0n) is 20.1. The number of Topliss-reactive ketones (excluding diaryl/α,β-unsaturated/α-hetero) is 1. The summed E-state index contributed by atoms with van der Waals surface area (Å²) in [6.07, 6.45) is 2.74. The second-order valence-electron chi connectivity index (χ2n) is 8.11. The summed E-state index contributed by atoms with van der Waals surface area (Å²) in [5.74, 6) is 1.12. The lowest BCUT2D eigenvalue weighted by atomic mass is 9.95. The number of benzene rings is 3. The van der Waals surface area contributed by atoms with Gasteiger partial charge in [-0.1, -0.05) is 17.7 Å². The molecule has 4 rings (SSSR count). The minimum Gasteiger partial charge on any atom is -0.497 e. The van der Waals surface area contributed by atoms with Crippen LogP contribution in [0.2, 0.25) is 5.02 Å². The molecule has 0 amide bonds. The first-order chi connectivity index (χ1) is 17.1. The molecule has 0 aliphatic heterocycles. The topological polar surface area (TPSA) is 107 Å². The number of carbonyl (C=O) groups excluding carboxylic acids is 1. The van der Waals surface area contributed by atoms with Crippen molar-refractivity contribution in [2.45, 2.75) is 10.9 Å². The van der Waals surface area contributed by atoms with Crippen LogP contribution in [0, 0.1) is 0 Å². The van der Waals surface area contributed by atoms with Crippen molar-refractivity contribution in [2.24, 2.45) is 0 Å². The van der Waals surface area contributed by atoms with E-state index in [9.17, 15) is 13.2 Å². The molecule has 8 nitrogen and oxygen atoms in total. The molecule has 3 aromatic carbocycles. The summed E-state index contributed by atoms with van der Waals surface area (Å²) in [6, 6.07) is 13.9. The van der Waals surface area contributed by atoms with Crippen molar-refractivity contribution in [1.82, 2.24) is 4.98 Å². The fraction of sp³-hybridized carbons (Fsp3) is 0.192. The molecule has 0 fully saturated rings. The van der Waals surface area contributed by atoms with E-state index in [4.69, 9.17) is 25.8 Å². The Hall–Kier alpha value is -3.69. The Bertz CT molecular complexity index is 1550. The lowest BCUT2D eigenvalue weighted by molar-refractivity contribution is 0.0970. The SMILES string of the molecule is COc1cc(N[C@@H](C(=O)c2c[nH]c3cc(OC)ccc23)c2ccc(Cl)cc2OC)cc(S(C)(=O)=O)c1. The van der Waals surface area contributed by atoms with Crippen LogP contribution in [0.15, 0.2) is 65.7 Å². The van der Waals surface area contributed by atoms with Crippen LogP contribution in [0.5, 0.6) is 17.2 Å². The highest BCUT2D eigenvalue weighted by molar-refractivity contribution is 7.90. The van der Waals surface area contributed by atoms with Crippen molar-refractivity contribution in [3.63, 3.8) is 0 Å². The van der Waals surface area contributed by atoms with E-state index in [-0.39, 0.29) is 10.7 Å². The molecule has 2 N–H and O–H groups in total. The molecule has 0 aliphatic rings. The van der Waals surface area contributed by atoms with Gasteiger partial charge in [-0.25, -0.2) is 8.42 Å². The van der Waals surface area contributed by atoms with Crippen molar-refractivity contribution in [3.8, 4) is 17.2 Å². The number of hydrogen-bond donors (Lipinski definition) is 2. The third-order valence-electron chi connectivity index (χ3n) is 5.78. The first-order valence-corrected chi connectivity index (χ1v) is 13.1. The molecular weight excluding hydrogens is 504 g/mol. The van der Waals surface area contributed by atoms with Gasteiger partial charge in [0.05, 0.1) is 26.2 Å². The van der Waals surface area contributed by atoms with Gasteiger partial charge in [-0.05, 0) is 36.4 Å². The maximum absolute atomic E-state index is 14.0. The second-order valence-corrected chi connectivity index (χ2v) is 10.6. The Morgan fingerprint density at radius 1 is 0.944 bits per heavy atom. The lowest BCUT2D eigenvalue weighted by Crippen LogP contribution is -2.22. The third-order valence-corrected chi connectivity index (χ3v) is 7.11. The summed E-state index contributed by atoms with van der Waals surface area (Å²) in [6.45, 7) is 0. The average Bonchev–Trinajstić information content (AvgIpc) is 3.29. The van der Waals surface area contributed by atoms with Crippen molar-refractivity contribution < 1.29 is 27.4 Å². The van der Waals surface area contributed by atoms with E-state index < -0.39 is 15.9 Å². The molecule has 36 heavy (non-hydrogen) atoms. The van der Waals surface area contributed by atoms with Crippen LogP contribution in [0.1, 0.15) is 22.0 Å². The van der Waals surface area contributed by atoms with Gasteiger partial charge in [0, 0.05) is 57.3 Å². The number of anilines is 1. The summed E-state index contributed by atoms with van der Waals surface area (Å²) in [7, 11) is 0.960. The predicted molar refractivity (Wildman–Crippen MR) is 140 cm³/mol. The minimum absolute atomic E-state index is 0.0535. The smallest absolute Gasteiger partial charge is 0.191 e. The van der Waals surface area contributed by atoms with E-state index in [0.717, 1.165) is 11.8 Å². The Kier molecular flexibility index (Phi) is 7.14. The van der Waals surface area contributed by atoms with Gasteiger partial charge in [0.25, 0.3) is 0 Å². The summed E-state index contributed by atoms with van der Waals surface area (Å²) in [5, 5.41) is 4.35. The van der Waals surface area contributed by atoms with Crippen LogP contribution in [-0.2, 0) is 9.84 Å². The zero-order valence-corrected chi connectivity index (χ0v) is 21.7. The normalized spacial score (nSPS) is 12.2. The number of aromatic amines is 1. The highest BCUT2D eigenvalue weighted by atomic mass is 35.5. The van der Waals surface area contributed by atoms with Gasteiger partial charge in [-0.3, -0.25) is 4.79 Å². The van der Waals surface area contributed by atoms with Crippen molar-refractivity contribution in [1.29, 1.82) is 0 Å². The number of carbonyl (C=O) groups is 1. The highest BCUT2D eigenvalue weighted by Gasteiger charge is 2.28. The van der Waals surface area contributed by atoms with Crippen LogP contribution in [0.3, 0.4) is 0 Å². The van der Waals surface area contributed by atoms with Crippen LogP contribution in [0.4, 0.5) is 5.69 Å².